The molecule has 0 fully saturated rings. The molecule has 1 amide bonds. The third-order valence-electron chi connectivity index (χ3n) is 4.63. The van der Waals surface area contributed by atoms with E-state index in [1.807, 2.05) is 42.7 Å². The molecular formula is C19H24N2O3. The highest BCUT2D eigenvalue weighted by molar-refractivity contribution is 5.87. The van der Waals surface area contributed by atoms with Crippen LogP contribution in [0.2, 0.25) is 0 Å². The van der Waals surface area contributed by atoms with Gasteiger partial charge in [0.2, 0.25) is 5.91 Å². The van der Waals surface area contributed by atoms with E-state index in [-0.39, 0.29) is 18.5 Å². The lowest BCUT2D eigenvalue weighted by Gasteiger charge is -2.25. The third kappa shape index (κ3) is 3.30. The lowest BCUT2D eigenvalue weighted by atomic mass is 9.91. The molecular weight excluding hydrogens is 304 g/mol. The molecule has 5 nitrogen and oxygen atoms in total. The summed E-state index contributed by atoms with van der Waals surface area (Å²) in [7, 11) is 0. The number of carbonyl (C=O) groups excluding carboxylic acids is 1. The van der Waals surface area contributed by atoms with Crippen molar-refractivity contribution in [1.82, 2.24) is 9.88 Å². The number of nitrogens with zero attached hydrogens (tertiary/aromatic N) is 1. The maximum absolute atomic E-state index is 12.1. The highest BCUT2D eigenvalue weighted by atomic mass is 16.4. The largest absolute Gasteiger partial charge is 0.480 e. The number of para-hydroxylation sites is 1. The molecule has 2 N–H and O–H groups in total. The van der Waals surface area contributed by atoms with Gasteiger partial charge in [-0.2, -0.15) is 0 Å². The van der Waals surface area contributed by atoms with Gasteiger partial charge in [-0.3, -0.25) is 9.59 Å². The number of hydrogen-bond acceptors (Lipinski definition) is 2. The lowest BCUT2D eigenvalue weighted by molar-refractivity contribution is -0.137. The summed E-state index contributed by atoms with van der Waals surface area (Å²) < 4.78 is 1.92. The number of amides is 1. The summed E-state index contributed by atoms with van der Waals surface area (Å²) in [6.07, 6.45) is 2.97. The minimum Gasteiger partial charge on any atom is -0.480 e. The maximum Gasteiger partial charge on any atom is 0.323 e. The second-order valence-corrected chi connectivity index (χ2v) is 7.03. The first kappa shape index (κ1) is 16.6. The number of hydrogen-bond donors (Lipinski definition) is 2. The molecule has 0 aliphatic heterocycles. The van der Waals surface area contributed by atoms with E-state index < -0.39 is 5.97 Å². The second-order valence-electron chi connectivity index (χ2n) is 7.03. The van der Waals surface area contributed by atoms with E-state index in [9.17, 15) is 14.7 Å². The molecule has 128 valence electrons. The molecule has 5 heteroatoms. The van der Waals surface area contributed by atoms with Gasteiger partial charge < -0.3 is 15.0 Å². The van der Waals surface area contributed by atoms with E-state index in [4.69, 9.17) is 0 Å². The van der Waals surface area contributed by atoms with Crippen LogP contribution >= 0.6 is 0 Å². The summed E-state index contributed by atoms with van der Waals surface area (Å²) in [6, 6.07) is 8.07. The van der Waals surface area contributed by atoms with Crippen molar-refractivity contribution >= 4 is 22.8 Å². The van der Waals surface area contributed by atoms with Gasteiger partial charge in [-0.25, -0.2) is 0 Å². The topological polar surface area (TPSA) is 71.3 Å². The summed E-state index contributed by atoms with van der Waals surface area (Å²) in [5.74, 6) is -0.375. The molecule has 1 aromatic heterocycles. The highest BCUT2D eigenvalue weighted by Gasteiger charge is 2.26. The zero-order chi connectivity index (χ0) is 17.3. The highest BCUT2D eigenvalue weighted by Crippen LogP contribution is 2.32. The number of benzene rings is 1. The van der Waals surface area contributed by atoms with Gasteiger partial charge >= 0.3 is 5.97 Å². The van der Waals surface area contributed by atoms with Crippen molar-refractivity contribution in [3.8, 4) is 0 Å². The number of aromatic nitrogens is 1. The Morgan fingerprint density at radius 3 is 2.79 bits per heavy atom. The van der Waals surface area contributed by atoms with Gasteiger partial charge in [0.05, 0.1) is 0 Å². The van der Waals surface area contributed by atoms with Crippen LogP contribution in [0, 0.1) is 5.92 Å². The predicted octanol–water partition coefficient (Wildman–Crippen LogP) is 2.75. The van der Waals surface area contributed by atoms with Crippen LogP contribution in [0.5, 0.6) is 0 Å². The van der Waals surface area contributed by atoms with Gasteiger partial charge in [0.15, 0.2) is 0 Å². The smallest absolute Gasteiger partial charge is 0.323 e. The Balaban J connectivity index is 1.88. The first-order valence-corrected chi connectivity index (χ1v) is 8.55. The minimum absolute atomic E-state index is 0.0137. The van der Waals surface area contributed by atoms with E-state index in [2.05, 4.69) is 5.32 Å². The predicted molar refractivity (Wildman–Crippen MR) is 93.0 cm³/mol. The van der Waals surface area contributed by atoms with E-state index in [0.717, 1.165) is 35.9 Å². The zero-order valence-electron chi connectivity index (χ0n) is 14.2. The van der Waals surface area contributed by atoms with E-state index in [1.54, 1.807) is 0 Å². The van der Waals surface area contributed by atoms with Crippen LogP contribution in [0.4, 0.5) is 0 Å². The zero-order valence-corrected chi connectivity index (χ0v) is 14.2. The molecule has 0 radical (unpaired) electrons. The molecule has 1 atom stereocenters. The Morgan fingerprint density at radius 2 is 2.08 bits per heavy atom. The van der Waals surface area contributed by atoms with Crippen molar-refractivity contribution in [3.05, 3.63) is 35.5 Å². The molecule has 3 rings (SSSR count). The fourth-order valence-electron chi connectivity index (χ4n) is 3.70. The molecule has 0 saturated heterocycles. The monoisotopic (exact) mass is 328 g/mol. The Labute approximate surface area is 141 Å². The van der Waals surface area contributed by atoms with E-state index in [1.165, 1.54) is 5.56 Å². The van der Waals surface area contributed by atoms with Gasteiger partial charge in [-0.15, -0.1) is 0 Å². The van der Waals surface area contributed by atoms with Crippen LogP contribution in [0.3, 0.4) is 0 Å². The van der Waals surface area contributed by atoms with Crippen molar-refractivity contribution in [2.24, 2.45) is 5.92 Å². The van der Waals surface area contributed by atoms with Crippen LogP contribution in [-0.2, 0) is 29.0 Å². The van der Waals surface area contributed by atoms with Gasteiger partial charge in [0.1, 0.15) is 6.54 Å². The third-order valence-corrected chi connectivity index (χ3v) is 4.63. The number of carboxylic acid groups (broad SMARTS) is 1. The van der Waals surface area contributed by atoms with E-state index >= 15 is 0 Å². The standard InChI is InChI=1S/C19H24N2O3/c1-12(2)9-18(22)20-13-7-8-17-15(10-13)14-5-3-4-6-16(14)21(17)11-19(23)24/h3-6,12-13H,7-11H2,1-2H3,(H,20,22)(H,23,24)/t13-/m0/s1. The summed E-state index contributed by atoms with van der Waals surface area (Å²) in [5, 5.41) is 13.5. The molecule has 0 unspecified atom stereocenters. The SMILES string of the molecule is CC(C)CC(=O)N[C@H]1CCc2c(c3ccccc3n2CC(=O)O)C1. The quantitative estimate of drug-likeness (QED) is 0.886. The van der Waals surface area contributed by atoms with Crippen molar-refractivity contribution in [2.45, 2.75) is 52.1 Å². The number of aliphatic carboxylic acids is 1. The van der Waals surface area contributed by atoms with Crippen molar-refractivity contribution in [1.29, 1.82) is 0 Å². The maximum atomic E-state index is 12.1. The van der Waals surface area contributed by atoms with Crippen molar-refractivity contribution in [3.63, 3.8) is 0 Å². The number of fused-ring (bicyclic) bond motifs is 3. The number of nitrogens with one attached hydrogen (secondary N) is 1. The average Bonchev–Trinajstić information content (AvgIpc) is 2.80. The van der Waals surface area contributed by atoms with Crippen LogP contribution in [0.15, 0.2) is 24.3 Å². The number of carboxylic acids is 1. The molecule has 0 saturated carbocycles. The van der Waals surface area contributed by atoms with Crippen LogP contribution in [0.1, 0.15) is 37.9 Å². The van der Waals surface area contributed by atoms with Crippen molar-refractivity contribution < 1.29 is 14.7 Å². The molecule has 1 aliphatic rings. The molecule has 0 spiro atoms. The second kappa shape index (κ2) is 6.67. The van der Waals surface area contributed by atoms with Crippen LogP contribution < -0.4 is 5.32 Å². The fourth-order valence-corrected chi connectivity index (χ4v) is 3.70. The summed E-state index contributed by atoms with van der Waals surface area (Å²) >= 11 is 0. The summed E-state index contributed by atoms with van der Waals surface area (Å²) in [6.45, 7) is 4.07. The van der Waals surface area contributed by atoms with Crippen molar-refractivity contribution in [2.75, 3.05) is 0 Å². The number of carbonyl (C=O) groups is 2. The lowest BCUT2D eigenvalue weighted by Crippen LogP contribution is -2.39. The van der Waals surface area contributed by atoms with Gasteiger partial charge in [0, 0.05) is 29.1 Å². The molecule has 1 aromatic carbocycles. The first-order valence-electron chi connectivity index (χ1n) is 8.55. The Hall–Kier alpha value is -2.30. The number of rotatable bonds is 5. The normalized spacial score (nSPS) is 17.0. The van der Waals surface area contributed by atoms with Crippen LogP contribution in [0.25, 0.3) is 10.9 Å². The Morgan fingerprint density at radius 1 is 1.33 bits per heavy atom. The Kier molecular flexibility index (Phi) is 4.60. The molecule has 1 heterocycles. The minimum atomic E-state index is -0.828. The van der Waals surface area contributed by atoms with Gasteiger partial charge in [-0.05, 0) is 36.8 Å². The average molecular weight is 328 g/mol. The molecule has 2 aromatic rings. The molecule has 24 heavy (non-hydrogen) atoms. The summed E-state index contributed by atoms with van der Waals surface area (Å²) in [5.41, 5.74) is 3.26. The first-order chi connectivity index (χ1) is 11.5. The van der Waals surface area contributed by atoms with E-state index in [0.29, 0.717) is 12.3 Å². The fraction of sp³-hybridized carbons (Fsp3) is 0.474. The van der Waals surface area contributed by atoms with Gasteiger partial charge in [-0.1, -0.05) is 32.0 Å². The summed E-state index contributed by atoms with van der Waals surface area (Å²) in [4.78, 5) is 23.3. The molecule has 0 bridgehead atoms. The Bertz CT molecular complexity index is 776. The molecule has 1 aliphatic carbocycles. The van der Waals surface area contributed by atoms with Gasteiger partial charge in [0.25, 0.3) is 0 Å². The van der Waals surface area contributed by atoms with Crippen LogP contribution in [-0.4, -0.2) is 27.6 Å².